The van der Waals surface area contributed by atoms with Crippen molar-refractivity contribution >= 4 is 38.4 Å². The van der Waals surface area contributed by atoms with Crippen molar-refractivity contribution in [3.63, 3.8) is 0 Å². The molecule has 0 aliphatic rings. The molecule has 0 bridgehead atoms. The van der Waals surface area contributed by atoms with Crippen LogP contribution < -0.4 is 9.62 Å². The Morgan fingerprint density at radius 3 is 2.04 bits per heavy atom. The van der Waals surface area contributed by atoms with Crippen molar-refractivity contribution in [2.75, 3.05) is 32.2 Å². The van der Waals surface area contributed by atoms with Gasteiger partial charge in [0.2, 0.25) is 16.1 Å². The largest absolute Gasteiger partial charge is 0.464 e. The number of nitrogens with one attached hydrogen (secondary N) is 1. The molecule has 2 aromatic rings. The fourth-order valence-corrected chi connectivity index (χ4v) is 4.11. The van der Waals surface area contributed by atoms with E-state index in [0.29, 0.717) is 5.39 Å². The van der Waals surface area contributed by atoms with Crippen molar-refractivity contribution in [3.05, 3.63) is 36.4 Å². The van der Waals surface area contributed by atoms with Crippen molar-refractivity contribution < 1.29 is 27.5 Å². The third-order valence-corrected chi connectivity index (χ3v) is 5.43. The van der Waals surface area contributed by atoms with E-state index in [1.807, 2.05) is 25.1 Å². The van der Waals surface area contributed by atoms with E-state index in [4.69, 9.17) is 9.47 Å². The minimum atomic E-state index is -4.23. The maximum Gasteiger partial charge on any atom is 0.335 e. The highest BCUT2D eigenvalue weighted by molar-refractivity contribution is 7.89. The minimum absolute atomic E-state index is 0.00305. The van der Waals surface area contributed by atoms with Gasteiger partial charge in [-0.2, -0.15) is 4.72 Å². The Kier molecular flexibility index (Phi) is 6.98. The fraction of sp³-hybridized carbons (Fsp3) is 0.368. The van der Waals surface area contributed by atoms with Crippen LogP contribution in [0.3, 0.4) is 0 Å². The molecule has 2 aromatic carbocycles. The smallest absolute Gasteiger partial charge is 0.335 e. The van der Waals surface area contributed by atoms with Crippen molar-refractivity contribution in [1.29, 1.82) is 0 Å². The van der Waals surface area contributed by atoms with E-state index in [9.17, 15) is 18.0 Å². The zero-order valence-corrected chi connectivity index (χ0v) is 17.1. The van der Waals surface area contributed by atoms with Crippen LogP contribution in [0.2, 0.25) is 0 Å². The zero-order chi connectivity index (χ0) is 20.9. The maximum absolute atomic E-state index is 13.0. The molecule has 9 heteroatoms. The first-order valence-electron chi connectivity index (χ1n) is 8.77. The van der Waals surface area contributed by atoms with E-state index >= 15 is 0 Å². The van der Waals surface area contributed by atoms with Gasteiger partial charge in [0.25, 0.3) is 0 Å². The van der Waals surface area contributed by atoms with Crippen LogP contribution in [0.5, 0.6) is 0 Å². The van der Waals surface area contributed by atoms with E-state index in [1.165, 1.54) is 6.07 Å². The first-order valence-corrected chi connectivity index (χ1v) is 10.3. The number of benzene rings is 2. The second-order valence-corrected chi connectivity index (χ2v) is 7.76. The normalized spacial score (nSPS) is 11.5. The molecule has 1 N–H and O–H groups in total. The lowest BCUT2D eigenvalue weighted by Crippen LogP contribution is -2.48. The van der Waals surface area contributed by atoms with Crippen LogP contribution in [0.4, 0.5) is 5.69 Å². The summed E-state index contributed by atoms with van der Waals surface area (Å²) in [6.07, 6.45) is 0. The van der Waals surface area contributed by atoms with Crippen LogP contribution in [0.25, 0.3) is 10.8 Å². The van der Waals surface area contributed by atoms with Gasteiger partial charge < -0.3 is 14.4 Å². The molecule has 0 aliphatic carbocycles. The first-order chi connectivity index (χ1) is 13.2. The monoisotopic (exact) mass is 408 g/mol. The van der Waals surface area contributed by atoms with Gasteiger partial charge in [-0.25, -0.2) is 18.0 Å². The predicted molar refractivity (Wildman–Crippen MR) is 106 cm³/mol. The third kappa shape index (κ3) is 4.60. The summed E-state index contributed by atoms with van der Waals surface area (Å²) in [5.74, 6) is -2.03. The summed E-state index contributed by atoms with van der Waals surface area (Å²) in [6.45, 7) is 3.11. The van der Waals surface area contributed by atoms with Gasteiger partial charge in [-0.15, -0.1) is 0 Å². The minimum Gasteiger partial charge on any atom is -0.464 e. The SMILES string of the molecule is CCOC(=O)C(NS(=O)(=O)c1cccc2c(N(C)C)cccc12)C(=O)OCC. The summed E-state index contributed by atoms with van der Waals surface area (Å²) in [6, 6.07) is 8.32. The molecule has 0 radical (unpaired) electrons. The van der Waals surface area contributed by atoms with Crippen molar-refractivity contribution in [1.82, 2.24) is 4.72 Å². The molecule has 0 unspecified atom stereocenters. The molecule has 0 saturated carbocycles. The molecule has 0 saturated heterocycles. The summed E-state index contributed by atoms with van der Waals surface area (Å²) in [5, 5.41) is 1.19. The highest BCUT2D eigenvalue weighted by atomic mass is 32.2. The number of anilines is 1. The van der Waals surface area contributed by atoms with Gasteiger partial charge in [-0.3, -0.25) is 0 Å². The van der Waals surface area contributed by atoms with Gasteiger partial charge in [-0.1, -0.05) is 24.3 Å². The number of ether oxygens (including phenoxy) is 2. The molecule has 0 spiro atoms. The quantitative estimate of drug-likeness (QED) is 0.524. The molecule has 152 valence electrons. The molecule has 0 amide bonds. The summed E-state index contributed by atoms with van der Waals surface area (Å²) < 4.78 is 37.8. The molecular formula is C19H24N2O6S. The van der Waals surface area contributed by atoms with Crippen LogP contribution in [-0.4, -0.2) is 53.7 Å². The van der Waals surface area contributed by atoms with Gasteiger partial charge in [0.1, 0.15) is 0 Å². The zero-order valence-electron chi connectivity index (χ0n) is 16.3. The van der Waals surface area contributed by atoms with Crippen LogP contribution in [0.15, 0.2) is 41.3 Å². The molecule has 8 nitrogen and oxygen atoms in total. The van der Waals surface area contributed by atoms with Crippen molar-refractivity contribution in [2.45, 2.75) is 24.8 Å². The van der Waals surface area contributed by atoms with Gasteiger partial charge in [0.15, 0.2) is 0 Å². The van der Waals surface area contributed by atoms with Crippen LogP contribution in [-0.2, 0) is 29.1 Å². The Labute approximate surface area is 164 Å². The molecule has 0 atom stereocenters. The summed E-state index contributed by atoms with van der Waals surface area (Å²) in [5.41, 5.74) is 0.835. The molecule has 2 rings (SSSR count). The van der Waals surface area contributed by atoms with Crippen LogP contribution >= 0.6 is 0 Å². The van der Waals surface area contributed by atoms with E-state index in [2.05, 4.69) is 4.72 Å². The maximum atomic E-state index is 13.0. The van der Waals surface area contributed by atoms with Gasteiger partial charge in [0, 0.05) is 30.6 Å². The van der Waals surface area contributed by atoms with Gasteiger partial charge >= 0.3 is 11.9 Å². The Morgan fingerprint density at radius 1 is 0.964 bits per heavy atom. The molecule has 0 aliphatic heterocycles. The third-order valence-electron chi connectivity index (χ3n) is 3.95. The Hall–Kier alpha value is -2.65. The number of carbonyl (C=O) groups excluding carboxylic acids is 2. The average molecular weight is 408 g/mol. The number of esters is 2. The number of sulfonamides is 1. The summed E-state index contributed by atoms with van der Waals surface area (Å²) in [4.78, 5) is 26.1. The molecular weight excluding hydrogens is 384 g/mol. The standard InChI is InChI=1S/C19H24N2O6S/c1-5-26-18(22)17(19(23)27-6-2)20-28(24,25)16-12-8-9-13-14(16)10-7-11-15(13)21(3)4/h7-12,17,20H,5-6H2,1-4H3. The van der Waals surface area contributed by atoms with Crippen LogP contribution in [0.1, 0.15) is 13.8 Å². The Morgan fingerprint density at radius 2 is 1.50 bits per heavy atom. The Bertz CT molecular complexity index is 954. The van der Waals surface area contributed by atoms with E-state index in [-0.39, 0.29) is 18.1 Å². The van der Waals surface area contributed by atoms with E-state index in [1.54, 1.807) is 38.1 Å². The fourth-order valence-electron chi connectivity index (χ4n) is 2.75. The topological polar surface area (TPSA) is 102 Å². The predicted octanol–water partition coefficient (Wildman–Crippen LogP) is 1.68. The molecule has 0 heterocycles. The second kappa shape index (κ2) is 9.03. The molecule has 0 fully saturated rings. The molecule has 28 heavy (non-hydrogen) atoms. The summed E-state index contributed by atoms with van der Waals surface area (Å²) >= 11 is 0. The molecule has 0 aromatic heterocycles. The lowest BCUT2D eigenvalue weighted by Gasteiger charge is -2.19. The van der Waals surface area contributed by atoms with Gasteiger partial charge in [0.05, 0.1) is 18.1 Å². The lowest BCUT2D eigenvalue weighted by atomic mass is 10.1. The number of hydrogen-bond acceptors (Lipinski definition) is 7. The van der Waals surface area contributed by atoms with Crippen LogP contribution in [0, 0.1) is 0 Å². The van der Waals surface area contributed by atoms with E-state index < -0.39 is 28.0 Å². The number of carbonyl (C=O) groups is 2. The highest BCUT2D eigenvalue weighted by Crippen LogP contribution is 2.30. The number of hydrogen-bond donors (Lipinski definition) is 1. The number of rotatable bonds is 8. The Balaban J connectivity index is 2.52. The second-order valence-electron chi connectivity index (χ2n) is 6.08. The van der Waals surface area contributed by atoms with E-state index in [0.717, 1.165) is 11.1 Å². The van der Waals surface area contributed by atoms with Gasteiger partial charge in [-0.05, 0) is 26.0 Å². The lowest BCUT2D eigenvalue weighted by molar-refractivity contribution is -0.157. The number of fused-ring (bicyclic) bond motifs is 1. The highest BCUT2D eigenvalue weighted by Gasteiger charge is 2.35. The van der Waals surface area contributed by atoms with Crippen molar-refractivity contribution in [3.8, 4) is 0 Å². The first kappa shape index (κ1) is 21.6. The summed E-state index contributed by atoms with van der Waals surface area (Å²) in [7, 11) is -0.520. The number of nitrogens with zero attached hydrogens (tertiary/aromatic N) is 1. The average Bonchev–Trinajstić information content (AvgIpc) is 2.65. The van der Waals surface area contributed by atoms with Crippen molar-refractivity contribution in [2.24, 2.45) is 0 Å².